The maximum absolute atomic E-state index is 8.55. The van der Waals surface area contributed by atoms with Gasteiger partial charge in [0, 0.05) is 6.08 Å². The van der Waals surface area contributed by atoms with Crippen molar-refractivity contribution in [2.24, 2.45) is 5.92 Å². The fourth-order valence-corrected chi connectivity index (χ4v) is 1.56. The summed E-state index contributed by atoms with van der Waals surface area (Å²) in [5.74, 6) is 0.687. The van der Waals surface area contributed by atoms with Crippen molar-refractivity contribution in [2.45, 2.75) is 27.2 Å². The number of hydrogen-bond donors (Lipinski definition) is 0. The SMILES string of the molecule is CC(=CC#N)c1ccc(CC(C)C)cc1. The smallest absolute Gasteiger partial charge is 0.0915 e. The first kappa shape index (κ1) is 11.5. The number of benzene rings is 1. The van der Waals surface area contributed by atoms with Gasteiger partial charge in [-0.25, -0.2) is 0 Å². The molecule has 1 rings (SSSR count). The Balaban J connectivity index is 2.82. The van der Waals surface area contributed by atoms with Gasteiger partial charge in [-0.05, 0) is 36.0 Å². The van der Waals surface area contributed by atoms with Crippen molar-refractivity contribution in [3.05, 3.63) is 41.5 Å². The van der Waals surface area contributed by atoms with Crippen molar-refractivity contribution in [1.82, 2.24) is 0 Å². The summed E-state index contributed by atoms with van der Waals surface area (Å²) >= 11 is 0. The van der Waals surface area contributed by atoms with Crippen LogP contribution in [-0.4, -0.2) is 0 Å². The van der Waals surface area contributed by atoms with Gasteiger partial charge in [0.15, 0.2) is 0 Å². The summed E-state index contributed by atoms with van der Waals surface area (Å²) in [7, 11) is 0. The first-order chi connectivity index (χ1) is 7.13. The molecule has 0 aromatic heterocycles. The molecule has 0 atom stereocenters. The lowest BCUT2D eigenvalue weighted by molar-refractivity contribution is 0.647. The fourth-order valence-electron chi connectivity index (χ4n) is 1.56. The second-order valence-corrected chi connectivity index (χ2v) is 4.25. The zero-order valence-corrected chi connectivity index (χ0v) is 9.62. The Morgan fingerprint density at radius 3 is 2.40 bits per heavy atom. The second-order valence-electron chi connectivity index (χ2n) is 4.25. The first-order valence-electron chi connectivity index (χ1n) is 5.29. The van der Waals surface area contributed by atoms with E-state index in [-0.39, 0.29) is 0 Å². The number of nitriles is 1. The Kier molecular flexibility index (Phi) is 4.12. The van der Waals surface area contributed by atoms with Crippen molar-refractivity contribution in [1.29, 1.82) is 5.26 Å². The van der Waals surface area contributed by atoms with Gasteiger partial charge in [0.2, 0.25) is 0 Å². The van der Waals surface area contributed by atoms with Crippen LogP contribution in [0.1, 0.15) is 31.9 Å². The van der Waals surface area contributed by atoms with Crippen LogP contribution < -0.4 is 0 Å². The zero-order chi connectivity index (χ0) is 11.3. The molecule has 78 valence electrons. The molecule has 1 nitrogen and oxygen atoms in total. The van der Waals surface area contributed by atoms with Crippen LogP contribution in [0, 0.1) is 17.2 Å². The number of rotatable bonds is 3. The lowest BCUT2D eigenvalue weighted by atomic mass is 10.00. The summed E-state index contributed by atoms with van der Waals surface area (Å²) in [4.78, 5) is 0. The van der Waals surface area contributed by atoms with E-state index in [1.807, 2.05) is 6.92 Å². The molecule has 0 aliphatic carbocycles. The van der Waals surface area contributed by atoms with Gasteiger partial charge in [-0.2, -0.15) is 5.26 Å². The summed E-state index contributed by atoms with van der Waals surface area (Å²) in [5, 5.41) is 8.55. The van der Waals surface area contributed by atoms with E-state index in [0.29, 0.717) is 5.92 Å². The minimum absolute atomic E-state index is 0.687. The largest absolute Gasteiger partial charge is 0.193 e. The molecule has 1 aromatic carbocycles. The van der Waals surface area contributed by atoms with E-state index in [1.165, 1.54) is 5.56 Å². The zero-order valence-electron chi connectivity index (χ0n) is 9.62. The predicted octanol–water partition coefficient (Wildman–Crippen LogP) is 3.81. The highest BCUT2D eigenvalue weighted by Gasteiger charge is 1.99. The Morgan fingerprint density at radius 1 is 1.33 bits per heavy atom. The van der Waals surface area contributed by atoms with Crippen molar-refractivity contribution in [3.8, 4) is 6.07 Å². The number of allylic oxidation sites excluding steroid dienone is 2. The van der Waals surface area contributed by atoms with Crippen LogP contribution in [0.4, 0.5) is 0 Å². The van der Waals surface area contributed by atoms with Gasteiger partial charge in [0.05, 0.1) is 6.07 Å². The minimum Gasteiger partial charge on any atom is -0.193 e. The van der Waals surface area contributed by atoms with Gasteiger partial charge < -0.3 is 0 Å². The van der Waals surface area contributed by atoms with Crippen LogP contribution in [-0.2, 0) is 6.42 Å². The molecule has 0 amide bonds. The van der Waals surface area contributed by atoms with E-state index in [0.717, 1.165) is 17.6 Å². The summed E-state index contributed by atoms with van der Waals surface area (Å²) in [6, 6.07) is 10.5. The summed E-state index contributed by atoms with van der Waals surface area (Å²) in [6.45, 7) is 6.39. The van der Waals surface area contributed by atoms with Gasteiger partial charge in [-0.1, -0.05) is 38.1 Å². The Labute approximate surface area is 92.1 Å². The topological polar surface area (TPSA) is 23.8 Å². The Morgan fingerprint density at radius 2 is 1.93 bits per heavy atom. The molecule has 0 spiro atoms. The lowest BCUT2D eigenvalue weighted by Gasteiger charge is -2.06. The first-order valence-corrected chi connectivity index (χ1v) is 5.29. The summed E-state index contributed by atoms with van der Waals surface area (Å²) in [5.41, 5.74) is 3.51. The molecule has 0 saturated heterocycles. The highest BCUT2D eigenvalue weighted by molar-refractivity contribution is 5.65. The number of nitrogens with zero attached hydrogens (tertiary/aromatic N) is 1. The second kappa shape index (κ2) is 5.36. The monoisotopic (exact) mass is 199 g/mol. The number of hydrogen-bond acceptors (Lipinski definition) is 1. The molecule has 0 fully saturated rings. The van der Waals surface area contributed by atoms with E-state index in [9.17, 15) is 0 Å². The minimum atomic E-state index is 0.687. The molecule has 0 N–H and O–H groups in total. The predicted molar refractivity (Wildman–Crippen MR) is 64.2 cm³/mol. The van der Waals surface area contributed by atoms with Crippen LogP contribution >= 0.6 is 0 Å². The molecular formula is C14H17N. The highest BCUT2D eigenvalue weighted by atomic mass is 14.2. The fraction of sp³-hybridized carbons (Fsp3) is 0.357. The van der Waals surface area contributed by atoms with E-state index < -0.39 is 0 Å². The normalized spacial score (nSPS) is 11.5. The third kappa shape index (κ3) is 3.59. The molecule has 0 bridgehead atoms. The van der Waals surface area contributed by atoms with E-state index in [1.54, 1.807) is 6.08 Å². The molecular weight excluding hydrogens is 182 g/mol. The average Bonchev–Trinajstić information content (AvgIpc) is 2.18. The average molecular weight is 199 g/mol. The van der Waals surface area contributed by atoms with Crippen molar-refractivity contribution in [3.63, 3.8) is 0 Å². The third-order valence-corrected chi connectivity index (χ3v) is 2.33. The van der Waals surface area contributed by atoms with E-state index >= 15 is 0 Å². The van der Waals surface area contributed by atoms with Crippen molar-refractivity contribution in [2.75, 3.05) is 0 Å². The van der Waals surface area contributed by atoms with Crippen LogP contribution in [0.5, 0.6) is 0 Å². The van der Waals surface area contributed by atoms with Crippen molar-refractivity contribution >= 4 is 5.57 Å². The van der Waals surface area contributed by atoms with Crippen LogP contribution in [0.3, 0.4) is 0 Å². The maximum atomic E-state index is 8.55. The maximum Gasteiger partial charge on any atom is 0.0915 e. The molecule has 1 heteroatoms. The molecule has 15 heavy (non-hydrogen) atoms. The highest BCUT2D eigenvalue weighted by Crippen LogP contribution is 2.15. The van der Waals surface area contributed by atoms with Gasteiger partial charge in [0.25, 0.3) is 0 Å². The van der Waals surface area contributed by atoms with Crippen LogP contribution in [0.15, 0.2) is 30.3 Å². The third-order valence-electron chi connectivity index (χ3n) is 2.33. The van der Waals surface area contributed by atoms with E-state index in [4.69, 9.17) is 5.26 Å². The molecule has 1 aromatic rings. The van der Waals surface area contributed by atoms with Gasteiger partial charge in [-0.15, -0.1) is 0 Å². The molecule has 0 radical (unpaired) electrons. The van der Waals surface area contributed by atoms with Gasteiger partial charge in [0.1, 0.15) is 0 Å². The Hall–Kier alpha value is -1.55. The van der Waals surface area contributed by atoms with Gasteiger partial charge >= 0.3 is 0 Å². The Bertz CT molecular complexity index is 377. The summed E-state index contributed by atoms with van der Waals surface area (Å²) in [6.07, 6.45) is 2.69. The van der Waals surface area contributed by atoms with E-state index in [2.05, 4.69) is 44.2 Å². The molecule has 0 heterocycles. The van der Waals surface area contributed by atoms with Crippen LogP contribution in [0.25, 0.3) is 5.57 Å². The standard InChI is InChI=1S/C14H17N/c1-11(2)10-13-4-6-14(7-5-13)12(3)8-9-15/h4-8,11H,10H2,1-3H3. The molecule has 0 aliphatic heterocycles. The molecule has 0 saturated carbocycles. The van der Waals surface area contributed by atoms with Crippen molar-refractivity contribution < 1.29 is 0 Å². The van der Waals surface area contributed by atoms with Crippen LogP contribution in [0.2, 0.25) is 0 Å². The summed E-state index contributed by atoms with van der Waals surface area (Å²) < 4.78 is 0. The van der Waals surface area contributed by atoms with Gasteiger partial charge in [-0.3, -0.25) is 0 Å². The molecule has 0 aliphatic rings. The molecule has 0 unspecified atom stereocenters. The lowest BCUT2D eigenvalue weighted by Crippen LogP contribution is -1.93. The quantitative estimate of drug-likeness (QED) is 0.679.